The van der Waals surface area contributed by atoms with E-state index in [9.17, 15) is 0 Å². The van der Waals surface area contributed by atoms with Gasteiger partial charge < -0.3 is 15.8 Å². The molecule has 0 radical (unpaired) electrons. The highest BCUT2D eigenvalue weighted by Gasteiger charge is 2.18. The van der Waals surface area contributed by atoms with E-state index in [-0.39, 0.29) is 12.1 Å². The molecular weight excluding hydrogens is 212 g/mol. The van der Waals surface area contributed by atoms with Gasteiger partial charge in [0.15, 0.2) is 0 Å². The molecule has 0 bridgehead atoms. The second kappa shape index (κ2) is 5.35. The molecule has 0 aromatic heterocycles. The SMILES string of the molecule is CNC(c1cc(Cl)ccc1OC)C(C)N. The Kier molecular flexibility index (Phi) is 4.39. The van der Waals surface area contributed by atoms with Crippen LogP contribution in [0.3, 0.4) is 0 Å². The predicted molar refractivity (Wildman–Crippen MR) is 63.5 cm³/mol. The molecule has 3 nitrogen and oxygen atoms in total. The molecule has 1 aromatic rings. The number of nitrogens with two attached hydrogens (primary N) is 1. The van der Waals surface area contributed by atoms with Crippen molar-refractivity contribution in [3.63, 3.8) is 0 Å². The van der Waals surface area contributed by atoms with Crippen molar-refractivity contribution in [1.82, 2.24) is 5.32 Å². The molecule has 0 saturated heterocycles. The van der Waals surface area contributed by atoms with Crippen LogP contribution in [0.2, 0.25) is 5.02 Å². The third-order valence-corrected chi connectivity index (χ3v) is 2.60. The van der Waals surface area contributed by atoms with Crippen molar-refractivity contribution in [3.05, 3.63) is 28.8 Å². The maximum atomic E-state index is 5.96. The lowest BCUT2D eigenvalue weighted by atomic mass is 10.0. The standard InChI is InChI=1S/C11H17ClN2O/c1-7(13)11(14-2)9-6-8(12)4-5-10(9)15-3/h4-7,11,14H,13H2,1-3H3. The van der Waals surface area contributed by atoms with Gasteiger partial charge in [0.05, 0.1) is 13.2 Å². The van der Waals surface area contributed by atoms with Crippen LogP contribution in [0.15, 0.2) is 18.2 Å². The zero-order valence-corrected chi connectivity index (χ0v) is 10.0. The van der Waals surface area contributed by atoms with Crippen LogP contribution in [-0.2, 0) is 0 Å². The largest absolute Gasteiger partial charge is 0.496 e. The van der Waals surface area contributed by atoms with Crippen molar-refractivity contribution in [2.45, 2.75) is 19.0 Å². The lowest BCUT2D eigenvalue weighted by molar-refractivity contribution is 0.394. The highest BCUT2D eigenvalue weighted by Crippen LogP contribution is 2.29. The van der Waals surface area contributed by atoms with E-state index >= 15 is 0 Å². The van der Waals surface area contributed by atoms with Crippen LogP contribution in [0.1, 0.15) is 18.5 Å². The van der Waals surface area contributed by atoms with Gasteiger partial charge in [0.1, 0.15) is 5.75 Å². The average Bonchev–Trinajstić information content (AvgIpc) is 2.18. The summed E-state index contributed by atoms with van der Waals surface area (Å²) in [6.45, 7) is 1.95. The smallest absolute Gasteiger partial charge is 0.123 e. The highest BCUT2D eigenvalue weighted by molar-refractivity contribution is 6.30. The number of ether oxygens (including phenoxy) is 1. The first-order valence-electron chi connectivity index (χ1n) is 4.86. The molecule has 0 saturated carbocycles. The van der Waals surface area contributed by atoms with Gasteiger partial charge in [0.25, 0.3) is 0 Å². The molecule has 1 aromatic carbocycles. The quantitative estimate of drug-likeness (QED) is 0.828. The van der Waals surface area contributed by atoms with Crippen molar-refractivity contribution in [3.8, 4) is 5.75 Å². The molecule has 0 amide bonds. The van der Waals surface area contributed by atoms with Crippen LogP contribution < -0.4 is 15.8 Å². The third kappa shape index (κ3) is 2.84. The molecule has 0 aliphatic heterocycles. The van der Waals surface area contributed by atoms with Gasteiger partial charge >= 0.3 is 0 Å². The number of hydrogen-bond acceptors (Lipinski definition) is 3. The van der Waals surface area contributed by atoms with Crippen molar-refractivity contribution in [2.75, 3.05) is 14.2 Å². The molecule has 0 aliphatic carbocycles. The summed E-state index contributed by atoms with van der Waals surface area (Å²) < 4.78 is 5.28. The summed E-state index contributed by atoms with van der Waals surface area (Å²) in [5, 5.41) is 3.84. The number of rotatable bonds is 4. The molecule has 2 unspecified atom stereocenters. The molecule has 2 atom stereocenters. The molecule has 3 N–H and O–H groups in total. The van der Waals surface area contributed by atoms with Gasteiger partial charge in [-0.3, -0.25) is 0 Å². The van der Waals surface area contributed by atoms with E-state index in [2.05, 4.69) is 5.32 Å². The lowest BCUT2D eigenvalue weighted by Crippen LogP contribution is -2.33. The average molecular weight is 229 g/mol. The molecule has 0 aliphatic rings. The Hall–Kier alpha value is -0.770. The van der Waals surface area contributed by atoms with Gasteiger partial charge in [0.2, 0.25) is 0 Å². The lowest BCUT2D eigenvalue weighted by Gasteiger charge is -2.22. The number of methoxy groups -OCH3 is 1. The molecule has 84 valence electrons. The summed E-state index contributed by atoms with van der Waals surface area (Å²) in [6.07, 6.45) is 0. The molecule has 1 rings (SSSR count). The summed E-state index contributed by atoms with van der Waals surface area (Å²) in [4.78, 5) is 0. The third-order valence-electron chi connectivity index (χ3n) is 2.36. The number of benzene rings is 1. The first-order valence-corrected chi connectivity index (χ1v) is 5.24. The van der Waals surface area contributed by atoms with Crippen LogP contribution in [0.25, 0.3) is 0 Å². The predicted octanol–water partition coefficient (Wildman–Crippen LogP) is 1.96. The zero-order valence-electron chi connectivity index (χ0n) is 9.25. The van der Waals surface area contributed by atoms with E-state index in [1.807, 2.05) is 26.1 Å². The first-order chi connectivity index (χ1) is 7.10. The Balaban J connectivity index is 3.13. The summed E-state index contributed by atoms with van der Waals surface area (Å²) in [6, 6.07) is 5.56. The van der Waals surface area contributed by atoms with E-state index in [0.717, 1.165) is 11.3 Å². The fourth-order valence-electron chi connectivity index (χ4n) is 1.65. The minimum absolute atomic E-state index is 0.0117. The summed E-state index contributed by atoms with van der Waals surface area (Å²) >= 11 is 5.96. The summed E-state index contributed by atoms with van der Waals surface area (Å²) in [5.74, 6) is 0.802. The van der Waals surface area contributed by atoms with Crippen molar-refractivity contribution >= 4 is 11.6 Å². The molecular formula is C11H17ClN2O. The van der Waals surface area contributed by atoms with E-state index in [1.54, 1.807) is 13.2 Å². The Morgan fingerprint density at radius 2 is 2.13 bits per heavy atom. The van der Waals surface area contributed by atoms with Gasteiger partial charge in [-0.05, 0) is 32.2 Å². The zero-order chi connectivity index (χ0) is 11.4. The van der Waals surface area contributed by atoms with Crippen LogP contribution in [0.5, 0.6) is 5.75 Å². The number of likely N-dealkylation sites (N-methyl/N-ethyl adjacent to an activating group) is 1. The maximum absolute atomic E-state index is 5.96. The highest BCUT2D eigenvalue weighted by atomic mass is 35.5. The molecule has 15 heavy (non-hydrogen) atoms. The van der Waals surface area contributed by atoms with Crippen LogP contribution in [0, 0.1) is 0 Å². The molecule has 0 spiro atoms. The number of nitrogens with one attached hydrogen (secondary N) is 1. The molecule has 0 heterocycles. The second-order valence-corrected chi connectivity index (χ2v) is 3.95. The van der Waals surface area contributed by atoms with Crippen molar-refractivity contribution in [2.24, 2.45) is 5.73 Å². The second-order valence-electron chi connectivity index (χ2n) is 3.51. The fourth-order valence-corrected chi connectivity index (χ4v) is 1.83. The van der Waals surface area contributed by atoms with E-state index in [0.29, 0.717) is 5.02 Å². The minimum atomic E-state index is -0.0117. The van der Waals surface area contributed by atoms with Gasteiger partial charge in [-0.2, -0.15) is 0 Å². The summed E-state index contributed by atoms with van der Waals surface area (Å²) in [5.41, 5.74) is 6.88. The Morgan fingerprint density at radius 3 is 2.60 bits per heavy atom. The van der Waals surface area contributed by atoms with Gasteiger partial charge in [0, 0.05) is 16.6 Å². The maximum Gasteiger partial charge on any atom is 0.123 e. The van der Waals surface area contributed by atoms with Crippen molar-refractivity contribution < 1.29 is 4.74 Å². The normalized spacial score (nSPS) is 14.7. The van der Waals surface area contributed by atoms with E-state index < -0.39 is 0 Å². The number of hydrogen-bond donors (Lipinski definition) is 2. The van der Waals surface area contributed by atoms with E-state index in [1.165, 1.54) is 0 Å². The van der Waals surface area contributed by atoms with Gasteiger partial charge in [-0.1, -0.05) is 11.6 Å². The van der Waals surface area contributed by atoms with Crippen LogP contribution in [0.4, 0.5) is 0 Å². The number of halogens is 1. The van der Waals surface area contributed by atoms with Crippen molar-refractivity contribution in [1.29, 1.82) is 0 Å². The minimum Gasteiger partial charge on any atom is -0.496 e. The topological polar surface area (TPSA) is 47.3 Å². The van der Waals surface area contributed by atoms with Gasteiger partial charge in [-0.25, -0.2) is 0 Å². The fraction of sp³-hybridized carbons (Fsp3) is 0.455. The monoisotopic (exact) mass is 228 g/mol. The summed E-state index contributed by atoms with van der Waals surface area (Å²) in [7, 11) is 3.51. The van der Waals surface area contributed by atoms with Gasteiger partial charge in [-0.15, -0.1) is 0 Å². The Morgan fingerprint density at radius 1 is 1.47 bits per heavy atom. The van der Waals surface area contributed by atoms with E-state index in [4.69, 9.17) is 22.1 Å². The molecule has 4 heteroatoms. The molecule has 0 fully saturated rings. The first kappa shape index (κ1) is 12.3. The van der Waals surface area contributed by atoms with Crippen LogP contribution in [-0.4, -0.2) is 20.2 Å². The van der Waals surface area contributed by atoms with Crippen LogP contribution >= 0.6 is 11.6 Å². The Bertz CT molecular complexity index is 328. The Labute approximate surface area is 95.6 Å².